The van der Waals surface area contributed by atoms with Crippen LogP contribution in [0.3, 0.4) is 0 Å². The normalized spacial score (nSPS) is 12.4. The van der Waals surface area contributed by atoms with Crippen LogP contribution in [0.15, 0.2) is 15.8 Å². The van der Waals surface area contributed by atoms with E-state index in [1.807, 2.05) is 13.2 Å². The maximum absolute atomic E-state index is 12.0. The molecule has 6 heteroatoms. The predicted octanol–water partition coefficient (Wildman–Crippen LogP) is 1.05. The number of nitrogens with zero attached hydrogens (tertiary/aromatic N) is 1. The van der Waals surface area contributed by atoms with Gasteiger partial charge in [0.1, 0.15) is 0 Å². The molecule has 1 atom stereocenters. The Bertz CT molecular complexity index is 518. The highest BCUT2D eigenvalue weighted by atomic mass is 32.2. The lowest BCUT2D eigenvalue weighted by Gasteiger charge is -2.16. The second-order valence-corrected chi connectivity index (χ2v) is 4.67. The average Bonchev–Trinajstić information content (AvgIpc) is 2.27. The summed E-state index contributed by atoms with van der Waals surface area (Å²) in [6.45, 7) is 3.22. The summed E-state index contributed by atoms with van der Waals surface area (Å²) in [6.07, 6.45) is 3.78. The summed E-state index contributed by atoms with van der Waals surface area (Å²) >= 11 is 1.56. The molecule has 0 aliphatic heterocycles. The predicted molar refractivity (Wildman–Crippen MR) is 69.0 cm³/mol. The Morgan fingerprint density at radius 1 is 1.53 bits per heavy atom. The van der Waals surface area contributed by atoms with Gasteiger partial charge in [-0.05, 0) is 19.6 Å². The highest BCUT2D eigenvalue weighted by Crippen LogP contribution is 2.12. The molecule has 0 radical (unpaired) electrons. The third-order valence-electron chi connectivity index (χ3n) is 2.58. The number of carbonyl (C=O) groups excluding carboxylic acids is 1. The number of ketones is 1. The Kier molecular flexibility index (Phi) is 4.74. The molecule has 1 aromatic rings. The molecule has 0 amide bonds. The fraction of sp³-hybridized carbons (Fsp3) is 0.545. The van der Waals surface area contributed by atoms with Crippen molar-refractivity contribution in [3.63, 3.8) is 0 Å². The van der Waals surface area contributed by atoms with Crippen molar-refractivity contribution in [1.82, 2.24) is 9.55 Å². The van der Waals surface area contributed by atoms with Crippen LogP contribution in [0.2, 0.25) is 0 Å². The third kappa shape index (κ3) is 2.88. The third-order valence-corrected chi connectivity index (χ3v) is 3.30. The molecule has 1 aromatic heterocycles. The first kappa shape index (κ1) is 13.8. The van der Waals surface area contributed by atoms with Crippen LogP contribution < -0.4 is 11.2 Å². The van der Waals surface area contributed by atoms with Crippen molar-refractivity contribution in [2.24, 2.45) is 0 Å². The van der Waals surface area contributed by atoms with E-state index in [-0.39, 0.29) is 17.4 Å². The maximum atomic E-state index is 12.0. The Balaban J connectivity index is 3.41. The fourth-order valence-electron chi connectivity index (χ4n) is 1.64. The van der Waals surface area contributed by atoms with Crippen LogP contribution in [0.1, 0.15) is 36.7 Å². The highest BCUT2D eigenvalue weighted by Gasteiger charge is 2.17. The topological polar surface area (TPSA) is 71.9 Å². The van der Waals surface area contributed by atoms with E-state index in [2.05, 4.69) is 4.98 Å². The molecule has 17 heavy (non-hydrogen) atoms. The number of aromatic amines is 1. The van der Waals surface area contributed by atoms with Crippen LogP contribution in [0.25, 0.3) is 0 Å². The molecule has 1 unspecified atom stereocenters. The SMILES string of the molecule is CCC(CSC)n1c(=O)[nH]cc(C(C)=O)c1=O. The van der Waals surface area contributed by atoms with Gasteiger partial charge in [-0.3, -0.25) is 14.2 Å². The van der Waals surface area contributed by atoms with E-state index >= 15 is 0 Å². The van der Waals surface area contributed by atoms with E-state index in [1.165, 1.54) is 13.1 Å². The van der Waals surface area contributed by atoms with Gasteiger partial charge in [-0.25, -0.2) is 4.79 Å². The molecule has 0 fully saturated rings. The number of hydrogen-bond acceptors (Lipinski definition) is 4. The first-order chi connectivity index (χ1) is 8.02. The zero-order chi connectivity index (χ0) is 13.0. The van der Waals surface area contributed by atoms with Gasteiger partial charge in [-0.15, -0.1) is 0 Å². The van der Waals surface area contributed by atoms with Crippen LogP contribution >= 0.6 is 11.8 Å². The van der Waals surface area contributed by atoms with Crippen molar-refractivity contribution in [3.8, 4) is 0 Å². The minimum absolute atomic E-state index is 0.0316. The number of thioether (sulfide) groups is 1. The number of Topliss-reactive ketones (excluding diaryl/α,β-unsaturated/α-hetero) is 1. The minimum atomic E-state index is -0.498. The number of hydrogen-bond donors (Lipinski definition) is 1. The Hall–Kier alpha value is -1.30. The van der Waals surface area contributed by atoms with Gasteiger partial charge >= 0.3 is 5.69 Å². The van der Waals surface area contributed by atoms with Crippen LogP contribution in [0.5, 0.6) is 0 Å². The van der Waals surface area contributed by atoms with Crippen molar-refractivity contribution >= 4 is 17.5 Å². The second kappa shape index (κ2) is 5.86. The number of rotatable bonds is 5. The summed E-state index contributed by atoms with van der Waals surface area (Å²) in [5.74, 6) is 0.333. The zero-order valence-electron chi connectivity index (χ0n) is 10.1. The number of carbonyl (C=O) groups is 1. The summed E-state index contributed by atoms with van der Waals surface area (Å²) in [4.78, 5) is 37.4. The number of H-pyrrole nitrogens is 1. The zero-order valence-corrected chi connectivity index (χ0v) is 11.0. The van der Waals surface area contributed by atoms with Gasteiger partial charge in [0, 0.05) is 11.9 Å². The number of nitrogens with one attached hydrogen (secondary N) is 1. The Morgan fingerprint density at radius 3 is 2.65 bits per heavy atom. The second-order valence-electron chi connectivity index (χ2n) is 3.76. The largest absolute Gasteiger partial charge is 0.328 e. The van der Waals surface area contributed by atoms with Crippen LogP contribution in [0, 0.1) is 0 Å². The van der Waals surface area contributed by atoms with Crippen molar-refractivity contribution < 1.29 is 4.79 Å². The minimum Gasteiger partial charge on any atom is -0.313 e. The summed E-state index contributed by atoms with van der Waals surface area (Å²) in [6, 6.07) is -0.180. The summed E-state index contributed by atoms with van der Waals surface area (Å²) in [7, 11) is 0. The van der Waals surface area contributed by atoms with E-state index in [4.69, 9.17) is 0 Å². The molecule has 0 spiro atoms. The van der Waals surface area contributed by atoms with Crippen LogP contribution in [-0.2, 0) is 0 Å². The van der Waals surface area contributed by atoms with Crippen molar-refractivity contribution in [3.05, 3.63) is 32.6 Å². The first-order valence-corrected chi connectivity index (χ1v) is 6.76. The summed E-state index contributed by atoms with van der Waals surface area (Å²) in [5, 5.41) is 0. The average molecular weight is 256 g/mol. The lowest BCUT2D eigenvalue weighted by Crippen LogP contribution is -2.41. The van der Waals surface area contributed by atoms with E-state index in [0.717, 1.165) is 4.57 Å². The lowest BCUT2D eigenvalue weighted by atomic mass is 10.2. The van der Waals surface area contributed by atoms with Crippen molar-refractivity contribution in [2.45, 2.75) is 26.3 Å². The highest BCUT2D eigenvalue weighted by molar-refractivity contribution is 7.98. The summed E-state index contributed by atoms with van der Waals surface area (Å²) < 4.78 is 1.15. The molecule has 5 nitrogen and oxygen atoms in total. The monoisotopic (exact) mass is 256 g/mol. The molecule has 0 aliphatic carbocycles. The first-order valence-electron chi connectivity index (χ1n) is 5.37. The number of aromatic nitrogens is 2. The van der Waals surface area contributed by atoms with Gasteiger partial charge in [0.2, 0.25) is 0 Å². The molecule has 0 aliphatic rings. The van der Waals surface area contributed by atoms with Crippen LogP contribution in [-0.4, -0.2) is 27.3 Å². The Morgan fingerprint density at radius 2 is 2.18 bits per heavy atom. The van der Waals surface area contributed by atoms with Gasteiger partial charge in [0.15, 0.2) is 5.78 Å². The molecule has 0 bridgehead atoms. The fourth-order valence-corrected chi connectivity index (χ4v) is 2.41. The molecular formula is C11H16N2O3S. The smallest absolute Gasteiger partial charge is 0.313 e. The van der Waals surface area contributed by atoms with Crippen LogP contribution in [0.4, 0.5) is 0 Å². The molecule has 0 saturated heterocycles. The molecule has 94 valence electrons. The van der Waals surface area contributed by atoms with E-state index in [9.17, 15) is 14.4 Å². The lowest BCUT2D eigenvalue weighted by molar-refractivity contribution is 0.101. The molecule has 1 N–H and O–H groups in total. The molecule has 1 rings (SSSR count). The molecule has 0 saturated carbocycles. The molecular weight excluding hydrogens is 240 g/mol. The van der Waals surface area contributed by atoms with E-state index in [0.29, 0.717) is 12.2 Å². The Labute approximate surface area is 103 Å². The van der Waals surface area contributed by atoms with Gasteiger partial charge in [0.05, 0.1) is 11.6 Å². The molecule has 1 heterocycles. The van der Waals surface area contributed by atoms with Gasteiger partial charge in [-0.2, -0.15) is 11.8 Å². The maximum Gasteiger partial charge on any atom is 0.328 e. The standard InChI is InChI=1S/C11H16N2O3S/c1-4-8(6-17-3)13-10(15)9(7(2)14)5-12-11(13)16/h5,8H,4,6H2,1-3H3,(H,12,16). The van der Waals surface area contributed by atoms with Gasteiger partial charge in [0.25, 0.3) is 5.56 Å². The van der Waals surface area contributed by atoms with E-state index in [1.54, 1.807) is 11.8 Å². The molecule has 0 aromatic carbocycles. The quantitative estimate of drug-likeness (QED) is 0.799. The van der Waals surface area contributed by atoms with Crippen molar-refractivity contribution in [2.75, 3.05) is 12.0 Å². The summed E-state index contributed by atoms with van der Waals surface area (Å²) in [5.41, 5.74) is -0.924. The van der Waals surface area contributed by atoms with E-state index < -0.39 is 11.2 Å². The van der Waals surface area contributed by atoms with Gasteiger partial charge < -0.3 is 4.98 Å². The van der Waals surface area contributed by atoms with Gasteiger partial charge in [-0.1, -0.05) is 6.92 Å². The van der Waals surface area contributed by atoms with Crippen molar-refractivity contribution in [1.29, 1.82) is 0 Å².